The molecule has 4 heteroatoms. The van der Waals surface area contributed by atoms with Gasteiger partial charge in [0.25, 0.3) is 0 Å². The monoisotopic (exact) mass is 334 g/mol. The second kappa shape index (κ2) is 5.92. The van der Waals surface area contributed by atoms with E-state index < -0.39 is 17.3 Å². The average Bonchev–Trinajstić information content (AvgIpc) is 2.47. The van der Waals surface area contributed by atoms with Gasteiger partial charge in [-0.2, -0.15) is 0 Å². The first-order valence-electron chi connectivity index (χ1n) is 9.12. The quantitative estimate of drug-likeness (QED) is 0.791. The largest absolute Gasteiger partial charge is 0.508 e. The number of phenols is 1. The Balaban J connectivity index is 2.08. The van der Waals surface area contributed by atoms with Crippen molar-refractivity contribution in [2.24, 2.45) is 5.92 Å². The van der Waals surface area contributed by atoms with Crippen LogP contribution in [0.2, 0.25) is 0 Å². The van der Waals surface area contributed by atoms with E-state index in [4.69, 9.17) is 4.74 Å². The average molecular weight is 334 g/mol. The maximum atomic E-state index is 10.8. The first-order valence-corrected chi connectivity index (χ1v) is 9.12. The van der Waals surface area contributed by atoms with Gasteiger partial charge in [-0.1, -0.05) is 13.3 Å². The van der Waals surface area contributed by atoms with E-state index in [1.165, 1.54) is 0 Å². The van der Waals surface area contributed by atoms with Crippen LogP contribution in [-0.4, -0.2) is 32.6 Å². The maximum Gasteiger partial charge on any atom is 0.127 e. The van der Waals surface area contributed by atoms with E-state index in [9.17, 15) is 15.3 Å². The van der Waals surface area contributed by atoms with E-state index in [0.717, 1.165) is 31.2 Å². The highest BCUT2D eigenvalue weighted by Gasteiger charge is 2.55. The predicted octanol–water partition coefficient (Wildman–Crippen LogP) is 3.51. The van der Waals surface area contributed by atoms with Crippen molar-refractivity contribution in [3.8, 4) is 11.5 Å². The molecule has 0 unspecified atom stereocenters. The van der Waals surface area contributed by atoms with Crippen LogP contribution in [0, 0.1) is 5.92 Å². The van der Waals surface area contributed by atoms with E-state index in [0.29, 0.717) is 17.7 Å². The van der Waals surface area contributed by atoms with Gasteiger partial charge in [0.05, 0.1) is 11.7 Å². The van der Waals surface area contributed by atoms with E-state index in [2.05, 4.69) is 6.92 Å². The molecule has 4 nitrogen and oxygen atoms in total. The third-order valence-corrected chi connectivity index (χ3v) is 5.97. The molecule has 0 bridgehead atoms. The number of phenolic OH excluding ortho intramolecular Hbond substituents is 1. The SMILES string of the molecule is CCCCc1cc(O)c2c(c1)OC(C)(C)[C@@H]1CC[C@](C)(O)[C@@H](O)[C@@H]21. The molecule has 1 heterocycles. The number of aryl methyl sites for hydroxylation is 1. The molecule has 1 aromatic carbocycles. The van der Waals surface area contributed by atoms with Crippen LogP contribution in [0.25, 0.3) is 0 Å². The number of benzene rings is 1. The topological polar surface area (TPSA) is 69.9 Å². The molecule has 24 heavy (non-hydrogen) atoms. The number of hydrogen-bond acceptors (Lipinski definition) is 4. The van der Waals surface area contributed by atoms with Crippen LogP contribution in [0.3, 0.4) is 0 Å². The fourth-order valence-corrected chi connectivity index (χ4v) is 4.49. The van der Waals surface area contributed by atoms with Crippen LogP contribution in [-0.2, 0) is 6.42 Å². The zero-order valence-electron chi connectivity index (χ0n) is 15.2. The van der Waals surface area contributed by atoms with Gasteiger partial charge in [-0.05, 0) is 64.2 Å². The van der Waals surface area contributed by atoms with E-state index in [-0.39, 0.29) is 17.6 Å². The number of unbranched alkanes of at least 4 members (excludes halogenated alkanes) is 1. The van der Waals surface area contributed by atoms with Crippen molar-refractivity contribution in [2.75, 3.05) is 0 Å². The lowest BCUT2D eigenvalue weighted by Crippen LogP contribution is -2.57. The van der Waals surface area contributed by atoms with Gasteiger partial charge in [-0.25, -0.2) is 0 Å². The molecule has 0 saturated heterocycles. The van der Waals surface area contributed by atoms with Gasteiger partial charge in [0, 0.05) is 17.4 Å². The van der Waals surface area contributed by atoms with Crippen molar-refractivity contribution >= 4 is 0 Å². The lowest BCUT2D eigenvalue weighted by molar-refractivity contribution is -0.144. The van der Waals surface area contributed by atoms with Crippen molar-refractivity contribution in [3.63, 3.8) is 0 Å². The van der Waals surface area contributed by atoms with E-state index in [1.54, 1.807) is 13.0 Å². The summed E-state index contributed by atoms with van der Waals surface area (Å²) in [4.78, 5) is 0. The molecule has 1 fully saturated rings. The maximum absolute atomic E-state index is 10.8. The molecule has 0 amide bonds. The van der Waals surface area contributed by atoms with Crippen molar-refractivity contribution in [1.29, 1.82) is 0 Å². The molecule has 0 radical (unpaired) electrons. The van der Waals surface area contributed by atoms with Crippen LogP contribution in [0.4, 0.5) is 0 Å². The van der Waals surface area contributed by atoms with Crippen LogP contribution >= 0.6 is 0 Å². The molecule has 1 saturated carbocycles. The molecule has 3 N–H and O–H groups in total. The van der Waals surface area contributed by atoms with E-state index in [1.807, 2.05) is 19.9 Å². The summed E-state index contributed by atoms with van der Waals surface area (Å²) in [6.07, 6.45) is 3.44. The number of aliphatic hydroxyl groups excluding tert-OH is 1. The van der Waals surface area contributed by atoms with Crippen LogP contribution in [0.1, 0.15) is 70.4 Å². The van der Waals surface area contributed by atoms with Gasteiger partial charge >= 0.3 is 0 Å². The molecule has 1 aliphatic heterocycles. The van der Waals surface area contributed by atoms with E-state index >= 15 is 0 Å². The molecule has 2 aliphatic rings. The standard InChI is InChI=1S/C20H30O4/c1-5-6-7-12-10-14(21)17-15(11-12)24-19(2,3)13-8-9-20(4,23)18(22)16(13)17/h10-11,13,16,18,21-23H,5-9H2,1-4H3/t13-,16-,18+,20+/m1/s1. The number of aliphatic hydroxyl groups is 2. The minimum Gasteiger partial charge on any atom is -0.508 e. The third kappa shape index (κ3) is 2.80. The molecular weight excluding hydrogens is 304 g/mol. The summed E-state index contributed by atoms with van der Waals surface area (Å²) in [5.41, 5.74) is 0.135. The first-order chi connectivity index (χ1) is 11.2. The Labute approximate surface area is 144 Å². The van der Waals surface area contributed by atoms with Gasteiger partial charge in [0.2, 0.25) is 0 Å². The Kier molecular flexibility index (Phi) is 4.33. The summed E-state index contributed by atoms with van der Waals surface area (Å²) < 4.78 is 6.25. The predicted molar refractivity (Wildman–Crippen MR) is 93.5 cm³/mol. The number of aromatic hydroxyl groups is 1. The van der Waals surface area contributed by atoms with Crippen LogP contribution in [0.5, 0.6) is 11.5 Å². The fraction of sp³-hybridized carbons (Fsp3) is 0.700. The molecule has 0 aromatic heterocycles. The van der Waals surface area contributed by atoms with Gasteiger partial charge < -0.3 is 20.1 Å². The molecule has 4 atom stereocenters. The lowest BCUT2D eigenvalue weighted by atomic mass is 9.61. The Hall–Kier alpha value is -1.26. The highest BCUT2D eigenvalue weighted by molar-refractivity contribution is 5.52. The number of fused-ring (bicyclic) bond motifs is 3. The fourth-order valence-electron chi connectivity index (χ4n) is 4.49. The normalized spacial score (nSPS) is 34.2. The van der Waals surface area contributed by atoms with Crippen LogP contribution < -0.4 is 4.74 Å². The minimum absolute atomic E-state index is 0.0626. The zero-order valence-corrected chi connectivity index (χ0v) is 15.2. The molecule has 3 rings (SSSR count). The smallest absolute Gasteiger partial charge is 0.127 e. The highest BCUT2D eigenvalue weighted by atomic mass is 16.5. The first kappa shape index (κ1) is 17.6. The Morgan fingerprint density at radius 2 is 1.96 bits per heavy atom. The molecule has 0 spiro atoms. The van der Waals surface area contributed by atoms with Crippen molar-refractivity contribution in [3.05, 3.63) is 23.3 Å². The Bertz CT molecular complexity index is 620. The van der Waals surface area contributed by atoms with Crippen LogP contribution in [0.15, 0.2) is 12.1 Å². The molecule has 1 aromatic rings. The van der Waals surface area contributed by atoms with Gasteiger partial charge in [-0.15, -0.1) is 0 Å². The summed E-state index contributed by atoms with van der Waals surface area (Å²) in [6, 6.07) is 3.79. The number of hydrogen-bond donors (Lipinski definition) is 3. The summed E-state index contributed by atoms with van der Waals surface area (Å²) in [7, 11) is 0. The van der Waals surface area contributed by atoms with Gasteiger partial charge in [0.1, 0.15) is 17.1 Å². The lowest BCUT2D eigenvalue weighted by Gasteiger charge is -2.53. The van der Waals surface area contributed by atoms with Crippen molar-refractivity contribution in [1.82, 2.24) is 0 Å². The van der Waals surface area contributed by atoms with Crippen molar-refractivity contribution < 1.29 is 20.1 Å². The summed E-state index contributed by atoms with van der Waals surface area (Å²) in [5, 5.41) is 32.1. The zero-order chi connectivity index (χ0) is 17.7. The minimum atomic E-state index is -1.14. The molecule has 1 aliphatic carbocycles. The Morgan fingerprint density at radius 1 is 1.25 bits per heavy atom. The highest BCUT2D eigenvalue weighted by Crippen LogP contribution is 2.56. The van der Waals surface area contributed by atoms with Crippen molar-refractivity contribution in [2.45, 2.75) is 83.0 Å². The summed E-state index contributed by atoms with van der Waals surface area (Å²) in [6.45, 7) is 7.90. The summed E-state index contributed by atoms with van der Waals surface area (Å²) >= 11 is 0. The molecule has 134 valence electrons. The second-order valence-electron chi connectivity index (χ2n) is 8.31. The molecular formula is C20H30O4. The van der Waals surface area contributed by atoms with Gasteiger partial charge in [0.15, 0.2) is 0 Å². The second-order valence-corrected chi connectivity index (χ2v) is 8.31. The van der Waals surface area contributed by atoms with Gasteiger partial charge in [-0.3, -0.25) is 0 Å². The summed E-state index contributed by atoms with van der Waals surface area (Å²) in [5.74, 6) is 0.588. The number of rotatable bonds is 3. The third-order valence-electron chi connectivity index (χ3n) is 5.97. The Morgan fingerprint density at radius 3 is 2.62 bits per heavy atom. The number of ether oxygens (including phenoxy) is 1.